The van der Waals surface area contributed by atoms with Crippen molar-refractivity contribution in [1.29, 1.82) is 0 Å². The summed E-state index contributed by atoms with van der Waals surface area (Å²) >= 11 is 0. The first-order valence-electron chi connectivity index (χ1n) is 13.4. The molecule has 42 heavy (non-hydrogen) atoms. The van der Waals surface area contributed by atoms with E-state index in [1.54, 1.807) is 0 Å². The molecule has 7 nitrogen and oxygen atoms in total. The van der Waals surface area contributed by atoms with E-state index in [2.05, 4.69) is 9.72 Å². The number of aliphatic hydroxyl groups excluding tert-OH is 1. The Morgan fingerprint density at radius 2 is 1.79 bits per heavy atom. The molecule has 0 saturated heterocycles. The molecule has 11 heteroatoms. The van der Waals surface area contributed by atoms with E-state index in [-0.39, 0.29) is 47.2 Å². The lowest BCUT2D eigenvalue weighted by molar-refractivity contribution is -0.274. The summed E-state index contributed by atoms with van der Waals surface area (Å²) in [6, 6.07) is 18.5. The van der Waals surface area contributed by atoms with Crippen molar-refractivity contribution in [2.24, 2.45) is 0 Å². The van der Waals surface area contributed by atoms with Gasteiger partial charge < -0.3 is 19.7 Å². The number of hydrogen-bond acceptors (Lipinski definition) is 5. The lowest BCUT2D eigenvalue weighted by atomic mass is 9.94. The van der Waals surface area contributed by atoms with Crippen LogP contribution in [0.25, 0.3) is 11.1 Å². The molecule has 1 aliphatic heterocycles. The summed E-state index contributed by atoms with van der Waals surface area (Å²) in [6.07, 6.45) is -4.82. The molecule has 1 amide bonds. The monoisotopic (exact) mass is 579 g/mol. The molecule has 0 radical (unpaired) electrons. The van der Waals surface area contributed by atoms with Crippen molar-refractivity contribution in [3.8, 4) is 16.9 Å². The van der Waals surface area contributed by atoms with Gasteiger partial charge in [-0.05, 0) is 36.1 Å². The van der Waals surface area contributed by atoms with Gasteiger partial charge in [-0.15, -0.1) is 13.2 Å². The molecule has 2 heterocycles. The fraction of sp³-hybridized carbons (Fsp3) is 0.258. The summed E-state index contributed by atoms with van der Waals surface area (Å²) in [5, 5.41) is 10.9. The average molecular weight is 580 g/mol. The molecular weight excluding hydrogens is 554 g/mol. The van der Waals surface area contributed by atoms with Crippen LogP contribution in [0.2, 0.25) is 0 Å². The van der Waals surface area contributed by atoms with Gasteiger partial charge in [-0.3, -0.25) is 9.59 Å². The number of halogens is 4. The van der Waals surface area contributed by atoms with Crippen molar-refractivity contribution >= 4 is 5.91 Å². The smallest absolute Gasteiger partial charge is 0.406 e. The van der Waals surface area contributed by atoms with Crippen LogP contribution in [0.3, 0.4) is 0 Å². The van der Waals surface area contributed by atoms with Gasteiger partial charge in [-0.25, -0.2) is 9.37 Å². The quantitative estimate of drug-likeness (QED) is 0.308. The highest BCUT2D eigenvalue weighted by Crippen LogP contribution is 2.52. The topological polar surface area (TPSA) is 95.5 Å². The molecular formula is C31H25F4N3O4. The number of carbonyl (C=O) groups excluding carboxylic acids is 1. The van der Waals surface area contributed by atoms with Crippen molar-refractivity contribution in [3.05, 3.63) is 117 Å². The Balaban J connectivity index is 1.23. The van der Waals surface area contributed by atoms with Gasteiger partial charge in [-0.1, -0.05) is 60.7 Å². The number of fused-ring (bicyclic) bond motifs is 1. The SMILES string of the molecule is O=C(C(O)c1cccc(-c2cccc(OC(F)(F)F)c2)c1F)N1CCc2nc(C3(c4ccccc4)CC3)[nH]c(=O)c2C1. The number of aromatic nitrogens is 2. The summed E-state index contributed by atoms with van der Waals surface area (Å²) in [5.41, 5.74) is 0.891. The third kappa shape index (κ3) is 5.16. The molecule has 0 spiro atoms. The summed E-state index contributed by atoms with van der Waals surface area (Å²) in [4.78, 5) is 35.4. The number of hydrogen-bond donors (Lipinski definition) is 2. The van der Waals surface area contributed by atoms with Crippen LogP contribution in [0, 0.1) is 5.82 Å². The number of aromatic amines is 1. The molecule has 1 saturated carbocycles. The van der Waals surface area contributed by atoms with Crippen LogP contribution in [0.4, 0.5) is 17.6 Å². The Morgan fingerprint density at radius 3 is 2.50 bits per heavy atom. The van der Waals surface area contributed by atoms with Crippen LogP contribution >= 0.6 is 0 Å². The van der Waals surface area contributed by atoms with Gasteiger partial charge in [0, 0.05) is 24.1 Å². The second-order valence-corrected chi connectivity index (χ2v) is 10.5. The number of alkyl halides is 3. The lowest BCUT2D eigenvalue weighted by Gasteiger charge is -2.30. The predicted molar refractivity (Wildman–Crippen MR) is 144 cm³/mol. The van der Waals surface area contributed by atoms with E-state index >= 15 is 4.39 Å². The van der Waals surface area contributed by atoms with Gasteiger partial charge in [0.05, 0.1) is 23.2 Å². The van der Waals surface area contributed by atoms with E-state index in [9.17, 15) is 27.9 Å². The molecule has 1 unspecified atom stereocenters. The van der Waals surface area contributed by atoms with Crippen LogP contribution in [0.15, 0.2) is 77.6 Å². The fourth-order valence-electron chi connectivity index (χ4n) is 5.53. The Morgan fingerprint density at radius 1 is 1.05 bits per heavy atom. The Labute approximate surface area is 237 Å². The maximum absolute atomic E-state index is 15.6. The standard InChI is InChI=1S/C31H25F4N3O4/c32-25-21(18-6-4-9-20(16-18)42-31(33,34)35)10-5-11-22(25)26(39)28(41)38-15-12-24-23(17-38)27(40)37-29(36-24)30(13-14-30)19-7-2-1-3-8-19/h1-11,16,26,39H,12-15,17H2,(H,36,37,40). The Kier molecular flexibility index (Phi) is 6.84. The van der Waals surface area contributed by atoms with Gasteiger partial charge in [-0.2, -0.15) is 0 Å². The number of rotatable bonds is 6. The number of ether oxygens (including phenoxy) is 1. The predicted octanol–water partition coefficient (Wildman–Crippen LogP) is 5.17. The highest BCUT2D eigenvalue weighted by Gasteiger charge is 2.48. The highest BCUT2D eigenvalue weighted by atomic mass is 19.4. The van der Waals surface area contributed by atoms with Gasteiger partial charge in [0.15, 0.2) is 6.10 Å². The fourth-order valence-corrected chi connectivity index (χ4v) is 5.53. The zero-order chi connectivity index (χ0) is 29.6. The normalized spacial score (nSPS) is 16.5. The number of amides is 1. The molecule has 3 aromatic carbocycles. The zero-order valence-corrected chi connectivity index (χ0v) is 22.1. The van der Waals surface area contributed by atoms with E-state index < -0.39 is 29.9 Å². The average Bonchev–Trinajstić information content (AvgIpc) is 3.78. The number of nitrogens with one attached hydrogen (secondary N) is 1. The van der Waals surface area contributed by atoms with Crippen LogP contribution in [-0.4, -0.2) is 38.8 Å². The van der Waals surface area contributed by atoms with Gasteiger partial charge in [0.1, 0.15) is 17.4 Å². The lowest BCUT2D eigenvalue weighted by Crippen LogP contribution is -2.42. The second-order valence-electron chi connectivity index (χ2n) is 10.5. The van der Waals surface area contributed by atoms with Gasteiger partial charge in [0.2, 0.25) is 0 Å². The van der Waals surface area contributed by atoms with Crippen molar-refractivity contribution in [3.63, 3.8) is 0 Å². The molecule has 1 aromatic heterocycles. The van der Waals surface area contributed by atoms with E-state index in [1.807, 2.05) is 30.3 Å². The molecule has 0 bridgehead atoms. The summed E-state index contributed by atoms with van der Waals surface area (Å²) in [5.74, 6) is -1.70. The molecule has 4 aromatic rings. The van der Waals surface area contributed by atoms with Crippen molar-refractivity contribution < 1.29 is 32.2 Å². The van der Waals surface area contributed by atoms with Crippen molar-refractivity contribution in [2.45, 2.75) is 43.7 Å². The first-order valence-corrected chi connectivity index (χ1v) is 13.4. The third-order valence-electron chi connectivity index (χ3n) is 7.85. The number of aliphatic hydroxyl groups is 1. The first-order chi connectivity index (χ1) is 20.1. The van der Waals surface area contributed by atoms with Crippen LogP contribution in [0.5, 0.6) is 5.75 Å². The second kappa shape index (κ2) is 10.4. The number of benzene rings is 3. The minimum atomic E-state index is -4.92. The van der Waals surface area contributed by atoms with Crippen LogP contribution in [-0.2, 0) is 23.2 Å². The Bertz CT molecular complexity index is 1720. The first kappa shape index (κ1) is 27.6. The minimum absolute atomic E-state index is 0.0694. The molecule has 2 aliphatic rings. The van der Waals surface area contributed by atoms with Gasteiger partial charge in [0.25, 0.3) is 11.5 Å². The summed E-state index contributed by atoms with van der Waals surface area (Å²) in [6.45, 7) is 0.0551. The maximum atomic E-state index is 15.6. The highest BCUT2D eigenvalue weighted by molar-refractivity contribution is 5.83. The van der Waals surface area contributed by atoms with Crippen molar-refractivity contribution in [1.82, 2.24) is 14.9 Å². The van der Waals surface area contributed by atoms with E-state index in [4.69, 9.17) is 4.98 Å². The van der Waals surface area contributed by atoms with E-state index in [0.29, 0.717) is 17.1 Å². The number of H-pyrrole nitrogens is 1. The van der Waals surface area contributed by atoms with Crippen LogP contribution in [0.1, 0.15) is 47.2 Å². The molecule has 2 N–H and O–H groups in total. The largest absolute Gasteiger partial charge is 0.573 e. The number of nitrogens with zero attached hydrogens (tertiary/aromatic N) is 2. The van der Waals surface area contributed by atoms with E-state index in [1.165, 1.54) is 35.2 Å². The van der Waals surface area contributed by atoms with Crippen LogP contribution < -0.4 is 10.3 Å². The summed E-state index contributed by atoms with van der Waals surface area (Å²) in [7, 11) is 0. The molecule has 1 aliphatic carbocycles. The molecule has 6 rings (SSSR count). The maximum Gasteiger partial charge on any atom is 0.573 e. The van der Waals surface area contributed by atoms with E-state index in [0.717, 1.165) is 30.5 Å². The Hall–Kier alpha value is -4.51. The third-order valence-corrected chi connectivity index (χ3v) is 7.85. The molecule has 1 fully saturated rings. The summed E-state index contributed by atoms with van der Waals surface area (Å²) < 4.78 is 57.4. The van der Waals surface area contributed by atoms with Crippen molar-refractivity contribution in [2.75, 3.05) is 6.54 Å². The zero-order valence-electron chi connectivity index (χ0n) is 22.1. The van der Waals surface area contributed by atoms with Gasteiger partial charge >= 0.3 is 6.36 Å². The molecule has 216 valence electrons. The minimum Gasteiger partial charge on any atom is -0.406 e. The number of carbonyl (C=O) groups is 1. The molecule has 1 atom stereocenters.